The number of hydrogen-bond donors (Lipinski definition) is 2. The lowest BCUT2D eigenvalue weighted by atomic mass is 9.49. The van der Waals surface area contributed by atoms with E-state index >= 15 is 0 Å². The molecule has 2 unspecified atom stereocenters. The summed E-state index contributed by atoms with van der Waals surface area (Å²) in [5, 5.41) is 27.4. The Hall–Kier alpha value is -4.56. The van der Waals surface area contributed by atoms with Crippen LogP contribution in [0.4, 0.5) is 20.2 Å². The van der Waals surface area contributed by atoms with E-state index in [1.54, 1.807) is 47.4 Å². The van der Waals surface area contributed by atoms with E-state index in [2.05, 4.69) is 55.6 Å². The Morgan fingerprint density at radius 1 is 0.561 bits per heavy atom. The SMILES string of the molecule is CC1(C)OB(B2OC(C)(C)C(C)(C)O2)OC1(C)C.Clc1nc(Cl)c2ccc(N3CCOCC3)cc2n1.OC(c1ccc(F)c(-c2nc(Cl)nc3cc(N4CCOCC4)ccc23)c1)c1nccs1.OC(c1ccc(F)c(Br)c1)c1nccs1. The van der Waals surface area contributed by atoms with Crippen LogP contribution in [0.5, 0.6) is 0 Å². The molecule has 0 spiro atoms. The number of halogens is 6. The molecule has 2 atom stereocenters. The summed E-state index contributed by atoms with van der Waals surface area (Å²) in [5.74, 6) is -0.798. The molecule has 8 aromatic rings. The van der Waals surface area contributed by atoms with Crippen LogP contribution in [0.3, 0.4) is 0 Å². The Morgan fingerprint density at radius 3 is 1.44 bits per heavy atom. The van der Waals surface area contributed by atoms with Crippen LogP contribution < -0.4 is 9.80 Å². The van der Waals surface area contributed by atoms with Crippen molar-refractivity contribution in [2.75, 3.05) is 62.4 Å². The molecule has 0 aliphatic carbocycles. The number of nitrogens with zero attached hydrogens (tertiary/aromatic N) is 8. The number of hydrogen-bond acceptors (Lipinski definition) is 18. The average molecular weight is 1280 g/mol. The predicted octanol–water partition coefficient (Wildman–Crippen LogP) is 12.6. The standard InChI is InChI=1S/C22H18ClFN4O2S.C12H24B2O4.C12H11Cl2N3O.C10H7BrFNOS/c23-22-26-18-12-14(28-6-8-30-9-7-28)2-3-15(18)19(27-22)16-11-13(1-4-17(16)24)20(29)21-25-5-10-31-21;1-9(2)10(3,4)16-13(15-9)14-17-11(5,6)12(7,8)18-14;13-11-9-2-1-8(17-3-5-18-6-4-17)7-10(9)15-12(14)16-11;11-7-5-6(1-2-8(7)12)9(14)10-13-3-4-15-10/h1-5,10-12,20,29H,6-9H2;1-8H3;1-2,7H,3-6H2;1-5,9,14H. The smallest absolute Gasteiger partial charge is 0.405 e. The van der Waals surface area contributed by atoms with E-state index in [0.29, 0.717) is 60.6 Å². The zero-order chi connectivity index (χ0) is 58.7. The van der Waals surface area contributed by atoms with Gasteiger partial charge in [0.05, 0.1) is 70.0 Å². The fourth-order valence-electron chi connectivity index (χ4n) is 8.98. The van der Waals surface area contributed by atoms with Gasteiger partial charge in [0.1, 0.15) is 39.0 Å². The summed E-state index contributed by atoms with van der Waals surface area (Å²) in [6.07, 6.45) is 1.51. The third-order valence-electron chi connectivity index (χ3n) is 15.0. The van der Waals surface area contributed by atoms with Crippen LogP contribution in [0.15, 0.2) is 100 Å². The highest BCUT2D eigenvalue weighted by Gasteiger charge is 2.63. The fourth-order valence-corrected chi connectivity index (χ4v) is 11.3. The molecule has 26 heteroatoms. The Balaban J connectivity index is 0.000000138. The molecule has 4 aromatic heterocycles. The second-order valence-corrected chi connectivity index (χ2v) is 25.2. The Labute approximate surface area is 506 Å². The molecule has 82 heavy (non-hydrogen) atoms. The minimum Gasteiger partial charge on any atom is -0.405 e. The van der Waals surface area contributed by atoms with Crippen LogP contribution in [0.1, 0.15) is 88.7 Å². The van der Waals surface area contributed by atoms with Gasteiger partial charge in [-0.15, -0.1) is 22.7 Å². The number of anilines is 2. The lowest BCUT2D eigenvalue weighted by Gasteiger charge is -2.32. The van der Waals surface area contributed by atoms with E-state index in [1.807, 2.05) is 91.8 Å². The van der Waals surface area contributed by atoms with Gasteiger partial charge in [0.15, 0.2) is 0 Å². The highest BCUT2D eigenvalue weighted by atomic mass is 79.9. The molecule has 0 radical (unpaired) electrons. The van der Waals surface area contributed by atoms with E-state index in [0.717, 1.165) is 61.7 Å². The maximum Gasteiger partial charge on any atom is 0.488 e. The van der Waals surface area contributed by atoms with Crippen molar-refractivity contribution in [1.82, 2.24) is 29.9 Å². The third-order valence-corrected chi connectivity index (χ3v) is 17.9. The van der Waals surface area contributed by atoms with Gasteiger partial charge in [-0.1, -0.05) is 23.7 Å². The Morgan fingerprint density at radius 2 is 0.988 bits per heavy atom. The lowest BCUT2D eigenvalue weighted by molar-refractivity contribution is 0.00578. The molecular weight excluding hydrogens is 1220 g/mol. The van der Waals surface area contributed by atoms with Crippen LogP contribution in [-0.4, -0.2) is 129 Å². The van der Waals surface area contributed by atoms with Gasteiger partial charge in [-0.3, -0.25) is 0 Å². The van der Waals surface area contributed by atoms with Gasteiger partial charge in [-0.05, 0) is 166 Å². The zero-order valence-corrected chi connectivity index (χ0v) is 51.7. The number of ether oxygens (including phenoxy) is 2. The number of rotatable bonds is 8. The van der Waals surface area contributed by atoms with Crippen molar-refractivity contribution in [3.8, 4) is 11.3 Å². The summed E-state index contributed by atoms with van der Waals surface area (Å²) in [7, 11) is -0.952. The summed E-state index contributed by atoms with van der Waals surface area (Å²) < 4.78 is 62.8. The molecule has 8 heterocycles. The fraction of sp³-hybridized carbons (Fsp3) is 0.393. The molecular formula is C56H60B2BrCl3F2N8O8S2. The van der Waals surface area contributed by atoms with Gasteiger partial charge in [0.25, 0.3) is 0 Å². The number of aliphatic hydroxyl groups is 2. The van der Waals surface area contributed by atoms with Crippen molar-refractivity contribution in [1.29, 1.82) is 0 Å². The van der Waals surface area contributed by atoms with Crippen molar-refractivity contribution in [3.63, 3.8) is 0 Å². The van der Waals surface area contributed by atoms with Crippen LogP contribution >= 0.6 is 73.4 Å². The summed E-state index contributed by atoms with van der Waals surface area (Å²) >= 11 is 23.8. The van der Waals surface area contributed by atoms with Gasteiger partial charge < -0.3 is 48.1 Å². The molecule has 0 bridgehead atoms. The number of morpholine rings is 2. The highest BCUT2D eigenvalue weighted by Crippen LogP contribution is 2.43. The molecule has 2 N–H and O–H groups in total. The average Bonchev–Trinajstić information content (AvgIpc) is 4.31. The van der Waals surface area contributed by atoms with E-state index in [-0.39, 0.29) is 44.4 Å². The van der Waals surface area contributed by atoms with Crippen LogP contribution in [0.25, 0.3) is 33.1 Å². The second kappa shape index (κ2) is 26.0. The molecule has 4 aliphatic rings. The minimum atomic E-state index is -0.948. The van der Waals surface area contributed by atoms with Gasteiger partial charge in [0.2, 0.25) is 10.6 Å². The second-order valence-electron chi connectivity index (χ2n) is 21.4. The molecule has 0 amide bonds. The monoisotopic (exact) mass is 1280 g/mol. The Kier molecular flexibility index (Phi) is 19.6. The van der Waals surface area contributed by atoms with Crippen LogP contribution in [0.2, 0.25) is 15.7 Å². The van der Waals surface area contributed by atoms with Crippen molar-refractivity contribution in [3.05, 3.63) is 149 Å². The van der Waals surface area contributed by atoms with E-state index in [4.69, 9.17) is 62.9 Å². The summed E-state index contributed by atoms with van der Waals surface area (Å²) in [5.41, 5.74) is 3.85. The molecule has 4 aromatic carbocycles. The first-order valence-corrected chi connectivity index (χ1v) is 30.0. The highest BCUT2D eigenvalue weighted by molar-refractivity contribution is 9.10. The maximum atomic E-state index is 14.9. The first-order valence-electron chi connectivity index (χ1n) is 26.3. The zero-order valence-electron chi connectivity index (χ0n) is 46.2. The predicted molar refractivity (Wildman–Crippen MR) is 324 cm³/mol. The molecule has 4 saturated heterocycles. The van der Waals surface area contributed by atoms with Gasteiger partial charge in [-0.25, -0.2) is 38.7 Å². The van der Waals surface area contributed by atoms with E-state index in [9.17, 15) is 19.0 Å². The number of aromatic nitrogens is 6. The number of benzene rings is 4. The normalized spacial score (nSPS) is 18.7. The molecule has 4 aliphatic heterocycles. The number of fused-ring (bicyclic) bond motifs is 2. The first-order chi connectivity index (χ1) is 38.9. The van der Waals surface area contributed by atoms with Crippen LogP contribution in [-0.2, 0) is 28.1 Å². The first kappa shape index (κ1) is 62.0. The quantitative estimate of drug-likeness (QED) is 0.0833. The summed E-state index contributed by atoms with van der Waals surface area (Å²) in [6.45, 7) is 22.4. The summed E-state index contributed by atoms with van der Waals surface area (Å²) in [6, 6.07) is 20.6. The molecule has 4 fully saturated rings. The molecule has 432 valence electrons. The Bertz CT molecular complexity index is 3440. The van der Waals surface area contributed by atoms with E-state index in [1.165, 1.54) is 34.8 Å². The van der Waals surface area contributed by atoms with E-state index < -0.39 is 32.0 Å². The maximum absolute atomic E-state index is 14.9. The van der Waals surface area contributed by atoms with Crippen molar-refractivity contribution in [2.45, 2.75) is 90.0 Å². The van der Waals surface area contributed by atoms with Crippen molar-refractivity contribution >= 4 is 121 Å². The third kappa shape index (κ3) is 14.2. The van der Waals surface area contributed by atoms with Gasteiger partial charge in [-0.2, -0.15) is 0 Å². The van der Waals surface area contributed by atoms with Gasteiger partial charge in [0, 0.05) is 77.0 Å². The molecule has 16 nitrogen and oxygen atoms in total. The number of thiazole rings is 2. The largest absolute Gasteiger partial charge is 0.488 e. The summed E-state index contributed by atoms with van der Waals surface area (Å²) in [4.78, 5) is 29.4. The lowest BCUT2D eigenvalue weighted by Crippen LogP contribution is -2.41. The van der Waals surface area contributed by atoms with Crippen LogP contribution in [0, 0.1) is 11.6 Å². The topological polar surface area (TPSA) is 180 Å². The van der Waals surface area contributed by atoms with Gasteiger partial charge >= 0.3 is 14.0 Å². The van der Waals surface area contributed by atoms with Crippen molar-refractivity contribution < 1.29 is 47.1 Å². The number of aliphatic hydroxyl groups excluding tert-OH is 2. The molecule has 0 saturated carbocycles. The molecule has 12 rings (SSSR count). The van der Waals surface area contributed by atoms with Crippen molar-refractivity contribution in [2.24, 2.45) is 0 Å². The minimum absolute atomic E-state index is 0.0342.